The number of hydrogen-bond acceptors (Lipinski definition) is 2. The Morgan fingerprint density at radius 1 is 1.17 bits per heavy atom. The zero-order chi connectivity index (χ0) is 13.1. The summed E-state index contributed by atoms with van der Waals surface area (Å²) in [5, 5.41) is 3.11. The Hall–Kier alpha value is -1.61. The van der Waals surface area contributed by atoms with Gasteiger partial charge in [-0.1, -0.05) is 18.2 Å². The second-order valence-electron chi connectivity index (χ2n) is 4.88. The summed E-state index contributed by atoms with van der Waals surface area (Å²) in [6, 6.07) is 6.62. The van der Waals surface area contributed by atoms with Gasteiger partial charge in [0.2, 0.25) is 0 Å². The van der Waals surface area contributed by atoms with E-state index in [1.807, 2.05) is 7.05 Å². The van der Waals surface area contributed by atoms with Crippen molar-refractivity contribution in [3.63, 3.8) is 0 Å². The van der Waals surface area contributed by atoms with Crippen LogP contribution in [0.4, 0.5) is 0 Å². The first-order chi connectivity index (χ1) is 8.60. The van der Waals surface area contributed by atoms with Gasteiger partial charge in [-0.2, -0.15) is 0 Å². The Bertz CT molecular complexity index is 541. The summed E-state index contributed by atoms with van der Waals surface area (Å²) in [5.41, 5.74) is 6.31. The molecule has 0 saturated heterocycles. The van der Waals surface area contributed by atoms with E-state index in [1.165, 1.54) is 22.4 Å². The van der Waals surface area contributed by atoms with Crippen molar-refractivity contribution in [1.29, 1.82) is 0 Å². The van der Waals surface area contributed by atoms with Crippen LogP contribution in [-0.2, 0) is 13.0 Å². The fourth-order valence-electron chi connectivity index (χ4n) is 2.09. The second-order valence-corrected chi connectivity index (χ2v) is 4.88. The van der Waals surface area contributed by atoms with Crippen LogP contribution in [0.5, 0.6) is 0 Å². The lowest BCUT2D eigenvalue weighted by atomic mass is 10.0. The van der Waals surface area contributed by atoms with Gasteiger partial charge in [0.25, 0.3) is 0 Å². The number of nitrogens with one attached hydrogen (secondary N) is 2. The molecule has 0 spiro atoms. The molecule has 18 heavy (non-hydrogen) atoms. The molecule has 2 rings (SSSR count). The van der Waals surface area contributed by atoms with Gasteiger partial charge in [0.05, 0.1) is 12.2 Å². The van der Waals surface area contributed by atoms with Gasteiger partial charge in [-0.15, -0.1) is 0 Å². The van der Waals surface area contributed by atoms with Crippen LogP contribution in [0.3, 0.4) is 0 Å². The third-order valence-corrected chi connectivity index (χ3v) is 3.32. The number of imidazole rings is 1. The molecule has 2 aromatic rings. The molecule has 0 bridgehead atoms. The molecule has 0 atom stereocenters. The summed E-state index contributed by atoms with van der Waals surface area (Å²) in [6.45, 7) is 7.17. The Morgan fingerprint density at radius 2 is 1.94 bits per heavy atom. The topological polar surface area (TPSA) is 40.7 Å². The second kappa shape index (κ2) is 5.36. The Morgan fingerprint density at radius 3 is 2.61 bits per heavy atom. The van der Waals surface area contributed by atoms with E-state index in [4.69, 9.17) is 0 Å². The van der Waals surface area contributed by atoms with E-state index in [-0.39, 0.29) is 0 Å². The van der Waals surface area contributed by atoms with E-state index in [0.717, 1.165) is 24.5 Å². The van der Waals surface area contributed by atoms with Gasteiger partial charge < -0.3 is 10.3 Å². The molecule has 0 fully saturated rings. The average molecular weight is 243 g/mol. The number of aromatic amines is 1. The summed E-state index contributed by atoms with van der Waals surface area (Å²) < 4.78 is 0. The first kappa shape index (κ1) is 12.8. The van der Waals surface area contributed by atoms with Crippen LogP contribution in [0.1, 0.15) is 33.9 Å². The van der Waals surface area contributed by atoms with E-state index >= 15 is 0 Å². The fourth-order valence-corrected chi connectivity index (χ4v) is 2.09. The molecule has 0 aliphatic heterocycles. The number of H-pyrrole nitrogens is 1. The normalized spacial score (nSPS) is 10.9. The maximum absolute atomic E-state index is 4.63. The number of benzene rings is 1. The van der Waals surface area contributed by atoms with Crippen molar-refractivity contribution in [2.45, 2.75) is 33.7 Å². The van der Waals surface area contributed by atoms with Gasteiger partial charge in [0.15, 0.2) is 0 Å². The van der Waals surface area contributed by atoms with Crippen molar-refractivity contribution in [2.24, 2.45) is 0 Å². The summed E-state index contributed by atoms with van der Waals surface area (Å²) in [5.74, 6) is 1.01. The molecule has 0 aliphatic rings. The summed E-state index contributed by atoms with van der Waals surface area (Å²) in [7, 11) is 1.93. The maximum Gasteiger partial charge on any atom is 0.120 e. The molecule has 96 valence electrons. The number of nitrogens with zero attached hydrogens (tertiary/aromatic N) is 1. The number of aryl methyl sites for hydroxylation is 3. The monoisotopic (exact) mass is 243 g/mol. The van der Waals surface area contributed by atoms with Crippen LogP contribution >= 0.6 is 0 Å². The van der Waals surface area contributed by atoms with Gasteiger partial charge in [0, 0.05) is 12.1 Å². The van der Waals surface area contributed by atoms with Gasteiger partial charge in [-0.3, -0.25) is 0 Å². The molecule has 0 unspecified atom stereocenters. The zero-order valence-electron chi connectivity index (χ0n) is 11.6. The van der Waals surface area contributed by atoms with E-state index in [0.29, 0.717) is 0 Å². The molecule has 2 N–H and O–H groups in total. The Labute approximate surface area is 109 Å². The summed E-state index contributed by atoms with van der Waals surface area (Å²) >= 11 is 0. The van der Waals surface area contributed by atoms with Crippen molar-refractivity contribution >= 4 is 0 Å². The van der Waals surface area contributed by atoms with E-state index < -0.39 is 0 Å². The smallest absolute Gasteiger partial charge is 0.120 e. The molecule has 3 heteroatoms. The van der Waals surface area contributed by atoms with E-state index in [2.05, 4.69) is 54.3 Å². The third kappa shape index (κ3) is 2.79. The Balaban J connectivity index is 2.20. The summed E-state index contributed by atoms with van der Waals surface area (Å²) in [6.07, 6.45) is 0.896. The van der Waals surface area contributed by atoms with Crippen molar-refractivity contribution in [3.05, 3.63) is 52.1 Å². The maximum atomic E-state index is 4.63. The molecule has 1 aromatic carbocycles. The molecule has 0 aliphatic carbocycles. The fraction of sp³-hybridized carbons (Fsp3) is 0.400. The minimum Gasteiger partial charge on any atom is -0.345 e. The van der Waals surface area contributed by atoms with E-state index in [9.17, 15) is 0 Å². The van der Waals surface area contributed by atoms with Gasteiger partial charge in [-0.05, 0) is 44.5 Å². The van der Waals surface area contributed by atoms with Crippen LogP contribution in [0, 0.1) is 20.8 Å². The highest BCUT2D eigenvalue weighted by Gasteiger charge is 2.07. The minimum atomic E-state index is 0.785. The van der Waals surface area contributed by atoms with Gasteiger partial charge in [-0.25, -0.2) is 4.98 Å². The SMILES string of the molecule is CNCc1nc(Cc2ccc(C)c(C)c2)c(C)[nH]1. The van der Waals surface area contributed by atoms with Crippen LogP contribution in [0.25, 0.3) is 0 Å². The molecular formula is C15H21N3. The molecule has 0 saturated carbocycles. The molecular weight excluding hydrogens is 222 g/mol. The molecule has 1 aromatic heterocycles. The lowest BCUT2D eigenvalue weighted by molar-refractivity contribution is 0.768. The van der Waals surface area contributed by atoms with Crippen molar-refractivity contribution in [3.8, 4) is 0 Å². The lowest BCUT2D eigenvalue weighted by Gasteiger charge is -2.04. The highest BCUT2D eigenvalue weighted by atomic mass is 15.0. The average Bonchev–Trinajstić information content (AvgIpc) is 2.65. The van der Waals surface area contributed by atoms with Crippen LogP contribution in [0.2, 0.25) is 0 Å². The first-order valence-corrected chi connectivity index (χ1v) is 6.35. The molecule has 0 amide bonds. The number of hydrogen-bond donors (Lipinski definition) is 2. The number of rotatable bonds is 4. The highest BCUT2D eigenvalue weighted by molar-refractivity contribution is 5.33. The predicted molar refractivity (Wildman–Crippen MR) is 74.8 cm³/mol. The first-order valence-electron chi connectivity index (χ1n) is 6.35. The van der Waals surface area contributed by atoms with Crippen LogP contribution in [0.15, 0.2) is 18.2 Å². The largest absolute Gasteiger partial charge is 0.345 e. The standard InChI is InChI=1S/C15H21N3/c1-10-5-6-13(7-11(10)2)8-14-12(3)17-15(18-14)9-16-4/h5-7,16H,8-9H2,1-4H3,(H,17,18). The Kier molecular flexibility index (Phi) is 3.82. The third-order valence-electron chi connectivity index (χ3n) is 3.32. The predicted octanol–water partition coefficient (Wildman–Crippen LogP) is 2.65. The minimum absolute atomic E-state index is 0.785. The molecule has 1 heterocycles. The molecule has 0 radical (unpaired) electrons. The quantitative estimate of drug-likeness (QED) is 0.866. The van der Waals surface area contributed by atoms with Crippen LogP contribution in [-0.4, -0.2) is 17.0 Å². The van der Waals surface area contributed by atoms with Crippen LogP contribution < -0.4 is 5.32 Å². The number of aromatic nitrogens is 2. The van der Waals surface area contributed by atoms with Gasteiger partial charge in [0.1, 0.15) is 5.82 Å². The molecule has 3 nitrogen and oxygen atoms in total. The van der Waals surface area contributed by atoms with Gasteiger partial charge >= 0.3 is 0 Å². The lowest BCUT2D eigenvalue weighted by Crippen LogP contribution is -2.06. The van der Waals surface area contributed by atoms with E-state index in [1.54, 1.807) is 0 Å². The van der Waals surface area contributed by atoms with Crippen molar-refractivity contribution < 1.29 is 0 Å². The summed E-state index contributed by atoms with van der Waals surface area (Å²) in [4.78, 5) is 7.95. The highest BCUT2D eigenvalue weighted by Crippen LogP contribution is 2.15. The van der Waals surface area contributed by atoms with Crippen molar-refractivity contribution in [1.82, 2.24) is 15.3 Å². The zero-order valence-corrected chi connectivity index (χ0v) is 11.6. The van der Waals surface area contributed by atoms with Crippen molar-refractivity contribution in [2.75, 3.05) is 7.05 Å².